The van der Waals surface area contributed by atoms with E-state index in [9.17, 15) is 0 Å². The summed E-state index contributed by atoms with van der Waals surface area (Å²) in [5, 5.41) is 0. The maximum absolute atomic E-state index is 2.74. The van der Waals surface area contributed by atoms with Crippen LogP contribution in [0.15, 0.2) is 0 Å². The summed E-state index contributed by atoms with van der Waals surface area (Å²) in [7, 11) is 0. The molecule has 11 aliphatic rings. The van der Waals surface area contributed by atoms with Gasteiger partial charge in [-0.3, -0.25) is 0 Å². The summed E-state index contributed by atoms with van der Waals surface area (Å²) in [4.78, 5) is 0. The molecule has 11 aliphatic carbocycles. The minimum Gasteiger partial charge on any atom is -0.0623 e. The molecular weight excluding hydrogens is 661 g/mol. The van der Waals surface area contributed by atoms with Crippen LogP contribution in [0, 0.1) is 129 Å². The van der Waals surface area contributed by atoms with Gasteiger partial charge in [-0.15, -0.1) is 0 Å². The Morgan fingerprint density at radius 2 is 0.855 bits per heavy atom. The average molecular weight is 751 g/mol. The zero-order chi connectivity index (χ0) is 37.1. The highest BCUT2D eigenvalue weighted by molar-refractivity contribution is 5.26. The van der Waals surface area contributed by atoms with Gasteiger partial charge in [0.2, 0.25) is 0 Å². The van der Waals surface area contributed by atoms with Crippen molar-refractivity contribution in [3.63, 3.8) is 0 Å². The summed E-state index contributed by atoms with van der Waals surface area (Å²) < 4.78 is 0. The first-order chi connectivity index (χ1) is 26.9. The normalized spacial score (nSPS) is 52.1. The lowest BCUT2D eigenvalue weighted by Crippen LogP contribution is -2.69. The van der Waals surface area contributed by atoms with Gasteiger partial charge in [0.15, 0.2) is 0 Å². The predicted octanol–water partition coefficient (Wildman–Crippen LogP) is 15.8. The van der Waals surface area contributed by atoms with Gasteiger partial charge in [0.25, 0.3) is 0 Å². The molecule has 11 saturated carbocycles. The quantitative estimate of drug-likeness (QED) is 0.262. The molecule has 11 rings (SSSR count). The highest BCUT2D eigenvalue weighted by Gasteiger charge is 2.79. The summed E-state index contributed by atoms with van der Waals surface area (Å²) in [6.45, 7) is 10.7. The third-order valence-corrected chi connectivity index (χ3v) is 23.8. The molecule has 55 heavy (non-hydrogen) atoms. The topological polar surface area (TPSA) is 0 Å². The van der Waals surface area contributed by atoms with E-state index in [1.165, 1.54) is 0 Å². The Bertz CT molecular complexity index is 1290. The first-order valence-electron chi connectivity index (χ1n) is 26.9. The van der Waals surface area contributed by atoms with E-state index >= 15 is 0 Å². The molecule has 310 valence electrons. The SMILES string of the molecule is CC(C)C(C)(C)C1CC2CC3CCC4C(C3C2C2CCCCC21)C1C2CCCCC2CCC1C41C(C2CCCCC2)C(C2CCCCC2)C1C1CCCCC1. The van der Waals surface area contributed by atoms with Crippen LogP contribution in [0.4, 0.5) is 0 Å². The molecule has 0 heterocycles. The van der Waals surface area contributed by atoms with E-state index in [1.807, 2.05) is 0 Å². The smallest absolute Gasteiger partial charge is 0.0168 e. The Hall–Kier alpha value is 0. The van der Waals surface area contributed by atoms with E-state index in [0.717, 1.165) is 124 Å². The first-order valence-corrected chi connectivity index (χ1v) is 26.9. The second-order valence-corrected chi connectivity index (χ2v) is 25.4. The predicted molar refractivity (Wildman–Crippen MR) is 231 cm³/mol. The van der Waals surface area contributed by atoms with Crippen LogP contribution >= 0.6 is 0 Å². The number of fused-ring (bicyclic) bond motifs is 13. The second-order valence-electron chi connectivity index (χ2n) is 25.4. The van der Waals surface area contributed by atoms with Gasteiger partial charge in [0.05, 0.1) is 0 Å². The highest BCUT2D eigenvalue weighted by Crippen LogP contribution is 2.84. The fourth-order valence-electron chi connectivity index (χ4n) is 21.9. The maximum atomic E-state index is 2.74. The van der Waals surface area contributed by atoms with E-state index in [2.05, 4.69) is 27.7 Å². The van der Waals surface area contributed by atoms with Crippen molar-refractivity contribution in [2.24, 2.45) is 129 Å². The van der Waals surface area contributed by atoms with Crippen LogP contribution in [0.3, 0.4) is 0 Å². The van der Waals surface area contributed by atoms with E-state index in [-0.39, 0.29) is 0 Å². The van der Waals surface area contributed by atoms with Crippen molar-refractivity contribution >= 4 is 0 Å². The Morgan fingerprint density at radius 3 is 1.47 bits per heavy atom. The van der Waals surface area contributed by atoms with Crippen molar-refractivity contribution in [3.05, 3.63) is 0 Å². The molecule has 0 radical (unpaired) electrons. The zero-order valence-electron chi connectivity index (χ0n) is 37.1. The van der Waals surface area contributed by atoms with Crippen LogP contribution in [-0.4, -0.2) is 0 Å². The minimum absolute atomic E-state index is 0.503. The molecule has 0 aromatic rings. The molecule has 15 atom stereocenters. The van der Waals surface area contributed by atoms with Crippen molar-refractivity contribution in [3.8, 4) is 0 Å². The largest absolute Gasteiger partial charge is 0.0623 e. The van der Waals surface area contributed by atoms with Crippen molar-refractivity contribution in [2.45, 2.75) is 214 Å². The van der Waals surface area contributed by atoms with Gasteiger partial charge < -0.3 is 0 Å². The molecule has 0 N–H and O–H groups in total. The third kappa shape index (κ3) is 5.70. The lowest BCUT2D eigenvalue weighted by Gasteiger charge is -2.73. The standard InChI is InChI=1S/C55H90/c1-34(2)54(3,4)46-33-40-32-39-29-31-45-51(48(39)47(40)43-27-17-16-26-42(43)46)50-41-25-15-14-18-35(41)28-30-44(50)55(45)52(37-21-10-6-11-22-37)49(36-19-8-5-9-20-36)53(55)38-23-12-7-13-24-38/h34-53H,5-33H2,1-4H3. The summed E-state index contributed by atoms with van der Waals surface area (Å²) in [6.07, 6.45) is 46.8. The number of hydrogen-bond acceptors (Lipinski definition) is 0. The summed E-state index contributed by atoms with van der Waals surface area (Å²) in [5.41, 5.74) is 1.26. The van der Waals surface area contributed by atoms with E-state index in [0.29, 0.717) is 5.41 Å². The fraction of sp³-hybridized carbons (Fsp3) is 1.00. The molecule has 0 amide bonds. The Morgan fingerprint density at radius 1 is 0.364 bits per heavy atom. The average Bonchev–Trinajstić information content (AvgIpc) is 3.75. The van der Waals surface area contributed by atoms with Gasteiger partial charge in [-0.2, -0.15) is 0 Å². The second kappa shape index (κ2) is 14.9. The van der Waals surface area contributed by atoms with E-state index < -0.39 is 0 Å². The van der Waals surface area contributed by atoms with Gasteiger partial charge in [0, 0.05) is 0 Å². The number of rotatable bonds is 5. The molecule has 1 spiro atoms. The van der Waals surface area contributed by atoms with Gasteiger partial charge in [-0.05, 0) is 187 Å². The van der Waals surface area contributed by atoms with Crippen molar-refractivity contribution in [1.29, 1.82) is 0 Å². The van der Waals surface area contributed by atoms with Gasteiger partial charge in [0.1, 0.15) is 0 Å². The molecule has 0 aromatic heterocycles. The summed E-state index contributed by atoms with van der Waals surface area (Å²) in [5.74, 6) is 21.9. The van der Waals surface area contributed by atoms with Crippen LogP contribution in [0.5, 0.6) is 0 Å². The highest BCUT2D eigenvalue weighted by atomic mass is 14.8. The summed E-state index contributed by atoms with van der Waals surface area (Å²) in [6, 6.07) is 0. The Balaban J connectivity index is 1.05. The molecule has 15 unspecified atom stereocenters. The van der Waals surface area contributed by atoms with Gasteiger partial charge in [-0.25, -0.2) is 0 Å². The molecule has 0 saturated heterocycles. The van der Waals surface area contributed by atoms with Gasteiger partial charge in [-0.1, -0.05) is 156 Å². The van der Waals surface area contributed by atoms with Crippen molar-refractivity contribution in [1.82, 2.24) is 0 Å². The molecule has 0 aliphatic heterocycles. The molecular formula is C55H90. The monoisotopic (exact) mass is 751 g/mol. The third-order valence-electron chi connectivity index (χ3n) is 23.8. The van der Waals surface area contributed by atoms with E-state index in [1.54, 1.807) is 186 Å². The lowest BCUT2D eigenvalue weighted by molar-refractivity contribution is -0.261. The van der Waals surface area contributed by atoms with Crippen molar-refractivity contribution < 1.29 is 0 Å². The maximum Gasteiger partial charge on any atom is -0.0168 e. The first kappa shape index (κ1) is 38.0. The molecule has 0 heteroatoms. The van der Waals surface area contributed by atoms with Crippen LogP contribution in [0.1, 0.15) is 214 Å². The van der Waals surface area contributed by atoms with Crippen LogP contribution in [0.2, 0.25) is 0 Å². The van der Waals surface area contributed by atoms with E-state index in [4.69, 9.17) is 0 Å². The number of hydrogen-bond donors (Lipinski definition) is 0. The van der Waals surface area contributed by atoms with Crippen LogP contribution < -0.4 is 0 Å². The lowest BCUT2D eigenvalue weighted by atomic mass is 9.31. The Labute approximate surface area is 341 Å². The van der Waals surface area contributed by atoms with Crippen LogP contribution in [-0.2, 0) is 0 Å². The molecule has 0 aromatic carbocycles. The summed E-state index contributed by atoms with van der Waals surface area (Å²) >= 11 is 0. The molecule has 11 fully saturated rings. The molecule has 0 bridgehead atoms. The fourth-order valence-corrected chi connectivity index (χ4v) is 21.9. The Kier molecular flexibility index (Phi) is 10.3. The zero-order valence-corrected chi connectivity index (χ0v) is 37.1. The molecule has 0 nitrogen and oxygen atoms in total. The van der Waals surface area contributed by atoms with Crippen LogP contribution in [0.25, 0.3) is 0 Å². The van der Waals surface area contributed by atoms with Crippen molar-refractivity contribution in [2.75, 3.05) is 0 Å². The van der Waals surface area contributed by atoms with Gasteiger partial charge >= 0.3 is 0 Å². The minimum atomic E-state index is 0.503.